The third-order valence-corrected chi connectivity index (χ3v) is 2.78. The van der Waals surface area contributed by atoms with Crippen LogP contribution in [-0.2, 0) is 4.74 Å². The third kappa shape index (κ3) is 4.49. The summed E-state index contributed by atoms with van der Waals surface area (Å²) in [5.74, 6) is 0.598. The highest BCUT2D eigenvalue weighted by Gasteiger charge is 2.12. The Bertz CT molecular complexity index is 385. The van der Waals surface area contributed by atoms with Gasteiger partial charge in [0.25, 0.3) is 0 Å². The number of carbonyl (C=O) groups excluding carboxylic acids is 1. The largest absolute Gasteiger partial charge is 0.496 e. The fourth-order valence-corrected chi connectivity index (χ4v) is 1.73. The standard InChI is InChI=1S/C15H22O3/c1-4-5-6-9-18-11-14(16)13-8-7-12(2)10-15(13)17-3/h7-8,10H,4-6,9,11H2,1-3H3. The fourth-order valence-electron chi connectivity index (χ4n) is 1.73. The smallest absolute Gasteiger partial charge is 0.192 e. The lowest BCUT2D eigenvalue weighted by Gasteiger charge is -2.09. The molecule has 0 aliphatic rings. The minimum Gasteiger partial charge on any atom is -0.496 e. The number of unbranched alkanes of at least 4 members (excludes halogenated alkanes) is 2. The van der Waals surface area contributed by atoms with Crippen molar-refractivity contribution in [1.82, 2.24) is 0 Å². The number of ketones is 1. The van der Waals surface area contributed by atoms with Gasteiger partial charge in [-0.3, -0.25) is 4.79 Å². The maximum Gasteiger partial charge on any atom is 0.192 e. The van der Waals surface area contributed by atoms with Gasteiger partial charge in [-0.2, -0.15) is 0 Å². The van der Waals surface area contributed by atoms with Crippen molar-refractivity contribution in [2.24, 2.45) is 0 Å². The lowest BCUT2D eigenvalue weighted by atomic mass is 10.1. The molecule has 0 spiro atoms. The molecule has 0 amide bonds. The summed E-state index contributed by atoms with van der Waals surface area (Å²) in [4.78, 5) is 12.0. The number of Topliss-reactive ketones (excluding diaryl/α,β-unsaturated/α-hetero) is 1. The van der Waals surface area contributed by atoms with Gasteiger partial charge in [0.2, 0.25) is 0 Å². The Morgan fingerprint density at radius 1 is 1.28 bits per heavy atom. The zero-order valence-electron chi connectivity index (χ0n) is 11.5. The molecule has 18 heavy (non-hydrogen) atoms. The predicted octanol–water partition coefficient (Wildman–Crippen LogP) is 3.39. The Hall–Kier alpha value is -1.35. The van der Waals surface area contributed by atoms with Gasteiger partial charge in [0.1, 0.15) is 12.4 Å². The van der Waals surface area contributed by atoms with Crippen LogP contribution >= 0.6 is 0 Å². The molecular formula is C15H22O3. The van der Waals surface area contributed by atoms with Gasteiger partial charge in [-0.05, 0) is 31.0 Å². The van der Waals surface area contributed by atoms with Crippen LogP contribution in [0.15, 0.2) is 18.2 Å². The molecule has 3 nitrogen and oxygen atoms in total. The first-order chi connectivity index (χ1) is 8.69. The molecule has 0 bridgehead atoms. The number of methoxy groups -OCH3 is 1. The van der Waals surface area contributed by atoms with E-state index in [-0.39, 0.29) is 12.4 Å². The Morgan fingerprint density at radius 3 is 2.72 bits per heavy atom. The first-order valence-corrected chi connectivity index (χ1v) is 6.44. The molecule has 0 fully saturated rings. The molecule has 0 aliphatic carbocycles. The number of benzene rings is 1. The Morgan fingerprint density at radius 2 is 2.06 bits per heavy atom. The summed E-state index contributed by atoms with van der Waals surface area (Å²) in [6, 6.07) is 5.57. The lowest BCUT2D eigenvalue weighted by Crippen LogP contribution is -2.11. The van der Waals surface area contributed by atoms with Gasteiger partial charge in [0.05, 0.1) is 12.7 Å². The highest BCUT2D eigenvalue weighted by Crippen LogP contribution is 2.20. The van der Waals surface area contributed by atoms with E-state index in [2.05, 4.69) is 6.92 Å². The molecule has 100 valence electrons. The molecule has 0 atom stereocenters. The van der Waals surface area contributed by atoms with Gasteiger partial charge in [0, 0.05) is 6.61 Å². The van der Waals surface area contributed by atoms with Gasteiger partial charge in [0.15, 0.2) is 5.78 Å². The van der Waals surface area contributed by atoms with E-state index in [1.54, 1.807) is 13.2 Å². The predicted molar refractivity (Wildman–Crippen MR) is 72.4 cm³/mol. The monoisotopic (exact) mass is 250 g/mol. The van der Waals surface area contributed by atoms with E-state index in [0.29, 0.717) is 17.9 Å². The van der Waals surface area contributed by atoms with Crippen molar-refractivity contribution < 1.29 is 14.3 Å². The fraction of sp³-hybridized carbons (Fsp3) is 0.533. The van der Waals surface area contributed by atoms with Crippen molar-refractivity contribution in [3.8, 4) is 5.75 Å². The van der Waals surface area contributed by atoms with Crippen LogP contribution in [0.5, 0.6) is 5.75 Å². The van der Waals surface area contributed by atoms with Crippen molar-refractivity contribution in [3.63, 3.8) is 0 Å². The highest BCUT2D eigenvalue weighted by molar-refractivity contribution is 5.99. The topological polar surface area (TPSA) is 35.5 Å². The molecule has 0 unspecified atom stereocenters. The molecule has 1 rings (SSSR count). The van der Waals surface area contributed by atoms with E-state index < -0.39 is 0 Å². The van der Waals surface area contributed by atoms with Crippen LogP contribution in [0.2, 0.25) is 0 Å². The molecule has 0 aromatic heterocycles. The van der Waals surface area contributed by atoms with E-state index >= 15 is 0 Å². The molecular weight excluding hydrogens is 228 g/mol. The van der Waals surface area contributed by atoms with Gasteiger partial charge in [-0.15, -0.1) is 0 Å². The number of hydrogen-bond acceptors (Lipinski definition) is 3. The normalized spacial score (nSPS) is 10.4. The number of ether oxygens (including phenoxy) is 2. The Balaban J connectivity index is 2.51. The average Bonchev–Trinajstić information content (AvgIpc) is 2.38. The summed E-state index contributed by atoms with van der Waals surface area (Å²) in [5.41, 5.74) is 1.67. The van der Waals surface area contributed by atoms with Crippen LogP contribution in [0.1, 0.15) is 42.1 Å². The maximum absolute atomic E-state index is 12.0. The first kappa shape index (κ1) is 14.7. The highest BCUT2D eigenvalue weighted by atomic mass is 16.5. The van der Waals surface area contributed by atoms with E-state index in [0.717, 1.165) is 24.8 Å². The van der Waals surface area contributed by atoms with E-state index in [9.17, 15) is 4.79 Å². The van der Waals surface area contributed by atoms with Gasteiger partial charge >= 0.3 is 0 Å². The Kier molecular flexibility index (Phi) is 6.44. The molecule has 0 saturated carbocycles. The molecule has 0 heterocycles. The molecule has 1 aromatic rings. The van der Waals surface area contributed by atoms with Gasteiger partial charge < -0.3 is 9.47 Å². The van der Waals surface area contributed by atoms with Crippen molar-refractivity contribution in [1.29, 1.82) is 0 Å². The second kappa shape index (κ2) is 7.88. The van der Waals surface area contributed by atoms with Gasteiger partial charge in [-0.1, -0.05) is 25.8 Å². The van der Waals surface area contributed by atoms with Crippen LogP contribution in [-0.4, -0.2) is 26.1 Å². The van der Waals surface area contributed by atoms with Crippen molar-refractivity contribution in [2.75, 3.05) is 20.3 Å². The van der Waals surface area contributed by atoms with Crippen LogP contribution in [0.4, 0.5) is 0 Å². The summed E-state index contributed by atoms with van der Waals surface area (Å²) in [7, 11) is 1.58. The molecule has 0 aliphatic heterocycles. The molecule has 0 N–H and O–H groups in total. The molecule has 0 radical (unpaired) electrons. The summed E-state index contributed by atoms with van der Waals surface area (Å²) >= 11 is 0. The van der Waals surface area contributed by atoms with Crippen LogP contribution in [0.3, 0.4) is 0 Å². The lowest BCUT2D eigenvalue weighted by molar-refractivity contribution is 0.0750. The van der Waals surface area contributed by atoms with Crippen molar-refractivity contribution >= 4 is 5.78 Å². The quantitative estimate of drug-likeness (QED) is 0.524. The summed E-state index contributed by atoms with van der Waals surface area (Å²) in [6.07, 6.45) is 3.31. The first-order valence-electron chi connectivity index (χ1n) is 6.44. The Labute approximate surface area is 109 Å². The minimum absolute atomic E-state index is 0.0247. The summed E-state index contributed by atoms with van der Waals surface area (Å²) < 4.78 is 10.6. The van der Waals surface area contributed by atoms with Crippen LogP contribution in [0.25, 0.3) is 0 Å². The zero-order chi connectivity index (χ0) is 13.4. The maximum atomic E-state index is 12.0. The number of carbonyl (C=O) groups is 1. The van der Waals surface area contributed by atoms with E-state index in [1.807, 2.05) is 19.1 Å². The SMILES string of the molecule is CCCCCOCC(=O)c1ccc(C)cc1OC. The van der Waals surface area contributed by atoms with Crippen LogP contribution < -0.4 is 4.74 Å². The second-order valence-electron chi connectivity index (χ2n) is 4.39. The number of rotatable bonds is 8. The van der Waals surface area contributed by atoms with Crippen LogP contribution in [0, 0.1) is 6.92 Å². The number of hydrogen-bond donors (Lipinski definition) is 0. The average molecular weight is 250 g/mol. The molecule has 3 heteroatoms. The minimum atomic E-state index is -0.0247. The third-order valence-electron chi connectivity index (χ3n) is 2.78. The van der Waals surface area contributed by atoms with E-state index in [1.165, 1.54) is 0 Å². The zero-order valence-corrected chi connectivity index (χ0v) is 11.5. The van der Waals surface area contributed by atoms with Gasteiger partial charge in [-0.25, -0.2) is 0 Å². The molecule has 1 aromatic carbocycles. The van der Waals surface area contributed by atoms with Crippen molar-refractivity contribution in [3.05, 3.63) is 29.3 Å². The summed E-state index contributed by atoms with van der Waals surface area (Å²) in [6.45, 7) is 4.89. The summed E-state index contributed by atoms with van der Waals surface area (Å²) in [5, 5.41) is 0. The van der Waals surface area contributed by atoms with E-state index in [4.69, 9.17) is 9.47 Å². The number of aryl methyl sites for hydroxylation is 1. The molecule has 0 saturated heterocycles. The van der Waals surface area contributed by atoms with Crippen molar-refractivity contribution in [2.45, 2.75) is 33.1 Å². The second-order valence-corrected chi connectivity index (χ2v) is 4.39.